The molecule has 0 saturated carbocycles. The van der Waals surface area contributed by atoms with Crippen molar-refractivity contribution in [1.29, 1.82) is 0 Å². The molecule has 5 rings (SSSR count). The SMILES string of the molecule is CC(C)(C)c1ccc(C(=O)N[C@@H](Cc2ccc(-c3noc(-c4ccc(Oc5ccccc5)cc4)n3)cc2)C(=O)O)cc1. The van der Waals surface area contributed by atoms with E-state index in [9.17, 15) is 14.7 Å². The molecule has 0 fully saturated rings. The number of benzene rings is 4. The highest BCUT2D eigenvalue weighted by atomic mass is 16.5. The van der Waals surface area contributed by atoms with E-state index in [4.69, 9.17) is 9.26 Å². The Bertz CT molecular complexity index is 1650. The van der Waals surface area contributed by atoms with Crippen LogP contribution < -0.4 is 10.1 Å². The number of aliphatic carboxylic acids is 1. The number of amides is 1. The van der Waals surface area contributed by atoms with Crippen molar-refractivity contribution >= 4 is 11.9 Å². The molecule has 5 aromatic rings. The highest BCUT2D eigenvalue weighted by molar-refractivity contribution is 5.96. The predicted octanol–water partition coefficient (Wildman–Crippen LogP) is 6.92. The van der Waals surface area contributed by atoms with Crippen LogP contribution in [0.15, 0.2) is 108 Å². The lowest BCUT2D eigenvalue weighted by atomic mass is 9.86. The number of carbonyl (C=O) groups is 2. The molecule has 0 aliphatic carbocycles. The van der Waals surface area contributed by atoms with Crippen LogP contribution in [-0.2, 0) is 16.6 Å². The summed E-state index contributed by atoms with van der Waals surface area (Å²) in [7, 11) is 0. The molecule has 0 spiro atoms. The number of nitrogens with zero attached hydrogens (tertiary/aromatic N) is 2. The summed E-state index contributed by atoms with van der Waals surface area (Å²) in [5.41, 5.74) is 3.67. The van der Waals surface area contributed by atoms with Gasteiger partial charge in [0.2, 0.25) is 5.82 Å². The third-order valence-electron chi connectivity index (χ3n) is 6.77. The lowest BCUT2D eigenvalue weighted by molar-refractivity contribution is -0.139. The second-order valence-corrected chi connectivity index (χ2v) is 11.0. The molecule has 1 amide bonds. The van der Waals surface area contributed by atoms with Crippen LogP contribution in [0.5, 0.6) is 11.5 Å². The summed E-state index contributed by atoms with van der Waals surface area (Å²) in [6.07, 6.45) is 0.121. The number of hydrogen-bond acceptors (Lipinski definition) is 6. The number of carbonyl (C=O) groups excluding carboxylic acids is 1. The molecule has 42 heavy (non-hydrogen) atoms. The van der Waals surface area contributed by atoms with Gasteiger partial charge < -0.3 is 19.7 Å². The van der Waals surface area contributed by atoms with E-state index < -0.39 is 17.9 Å². The van der Waals surface area contributed by atoms with Crippen molar-refractivity contribution in [2.75, 3.05) is 0 Å². The topological polar surface area (TPSA) is 115 Å². The molecule has 0 unspecified atom stereocenters. The van der Waals surface area contributed by atoms with Gasteiger partial charge in [0.1, 0.15) is 17.5 Å². The average molecular weight is 562 g/mol. The molecule has 2 N–H and O–H groups in total. The summed E-state index contributed by atoms with van der Waals surface area (Å²) >= 11 is 0. The Morgan fingerprint density at radius 3 is 2.07 bits per heavy atom. The third kappa shape index (κ3) is 6.90. The number of rotatable bonds is 9. The van der Waals surface area contributed by atoms with Gasteiger partial charge in [-0.2, -0.15) is 4.98 Å². The summed E-state index contributed by atoms with van der Waals surface area (Å²) in [5.74, 6) is 0.666. The average Bonchev–Trinajstić information content (AvgIpc) is 3.48. The van der Waals surface area contributed by atoms with Crippen LogP contribution in [0, 0.1) is 0 Å². The van der Waals surface area contributed by atoms with Crippen LogP contribution >= 0.6 is 0 Å². The minimum Gasteiger partial charge on any atom is -0.480 e. The molecule has 212 valence electrons. The maximum atomic E-state index is 12.8. The number of carboxylic acid groups (broad SMARTS) is 1. The van der Waals surface area contributed by atoms with E-state index in [2.05, 4.69) is 36.2 Å². The maximum absolute atomic E-state index is 12.8. The largest absolute Gasteiger partial charge is 0.480 e. The van der Waals surface area contributed by atoms with Gasteiger partial charge in [0.15, 0.2) is 0 Å². The molecule has 4 aromatic carbocycles. The van der Waals surface area contributed by atoms with E-state index in [-0.39, 0.29) is 11.8 Å². The van der Waals surface area contributed by atoms with Crippen molar-refractivity contribution < 1.29 is 24.0 Å². The van der Waals surface area contributed by atoms with Crippen molar-refractivity contribution in [1.82, 2.24) is 15.5 Å². The highest BCUT2D eigenvalue weighted by Gasteiger charge is 2.22. The van der Waals surface area contributed by atoms with Crippen molar-refractivity contribution in [3.8, 4) is 34.3 Å². The molecular formula is C34H31N3O5. The number of hydrogen-bond donors (Lipinski definition) is 2. The monoisotopic (exact) mass is 561 g/mol. The number of carboxylic acids is 1. The van der Waals surface area contributed by atoms with Crippen LogP contribution in [0.4, 0.5) is 0 Å². The Morgan fingerprint density at radius 1 is 0.833 bits per heavy atom. The number of para-hydroxylation sites is 1. The van der Waals surface area contributed by atoms with Crippen molar-refractivity contribution in [2.45, 2.75) is 38.6 Å². The van der Waals surface area contributed by atoms with Gasteiger partial charge in [0.05, 0.1) is 0 Å². The van der Waals surface area contributed by atoms with E-state index in [1.807, 2.05) is 66.7 Å². The molecule has 0 saturated heterocycles. The molecule has 1 aromatic heterocycles. The second kappa shape index (κ2) is 12.1. The first kappa shape index (κ1) is 28.3. The minimum absolute atomic E-state index is 0.0441. The first-order valence-electron chi connectivity index (χ1n) is 13.6. The molecule has 8 nitrogen and oxygen atoms in total. The molecule has 0 radical (unpaired) electrons. The highest BCUT2D eigenvalue weighted by Crippen LogP contribution is 2.27. The van der Waals surface area contributed by atoms with E-state index >= 15 is 0 Å². The molecule has 0 bridgehead atoms. The summed E-state index contributed by atoms with van der Waals surface area (Å²) in [6, 6.07) is 30.2. The lowest BCUT2D eigenvalue weighted by Gasteiger charge is -2.19. The van der Waals surface area contributed by atoms with Crippen LogP contribution in [0.2, 0.25) is 0 Å². The van der Waals surface area contributed by atoms with E-state index in [0.29, 0.717) is 28.6 Å². The quantitative estimate of drug-likeness (QED) is 0.201. The van der Waals surface area contributed by atoms with Gasteiger partial charge in [-0.15, -0.1) is 0 Å². The van der Waals surface area contributed by atoms with Gasteiger partial charge in [0, 0.05) is 23.1 Å². The maximum Gasteiger partial charge on any atom is 0.326 e. The molecule has 0 aliphatic rings. The summed E-state index contributed by atoms with van der Waals surface area (Å²) in [5, 5.41) is 16.5. The Balaban J connectivity index is 1.21. The molecule has 8 heteroatoms. The fourth-order valence-electron chi connectivity index (χ4n) is 4.34. The van der Waals surface area contributed by atoms with Gasteiger partial charge in [-0.25, -0.2) is 4.79 Å². The van der Waals surface area contributed by atoms with Gasteiger partial charge in [-0.1, -0.05) is 80.5 Å². The van der Waals surface area contributed by atoms with E-state index in [0.717, 1.165) is 22.4 Å². The molecule has 1 atom stereocenters. The Morgan fingerprint density at radius 2 is 1.45 bits per heavy atom. The minimum atomic E-state index is -1.11. The molecule has 1 heterocycles. The molecular weight excluding hydrogens is 530 g/mol. The Kier molecular flexibility index (Phi) is 8.15. The number of aromatic nitrogens is 2. The number of ether oxygens (including phenoxy) is 1. The van der Waals surface area contributed by atoms with Crippen LogP contribution in [0.1, 0.15) is 42.3 Å². The van der Waals surface area contributed by atoms with Crippen molar-refractivity contribution in [3.05, 3.63) is 120 Å². The smallest absolute Gasteiger partial charge is 0.326 e. The van der Waals surface area contributed by atoms with Gasteiger partial charge >= 0.3 is 5.97 Å². The first-order valence-corrected chi connectivity index (χ1v) is 13.6. The zero-order valence-corrected chi connectivity index (χ0v) is 23.6. The molecule has 0 aliphatic heterocycles. The second-order valence-electron chi connectivity index (χ2n) is 11.0. The van der Waals surface area contributed by atoms with Crippen molar-refractivity contribution in [2.24, 2.45) is 0 Å². The zero-order chi connectivity index (χ0) is 29.7. The van der Waals surface area contributed by atoms with Crippen LogP contribution in [-0.4, -0.2) is 33.2 Å². The Labute approximate surface area is 244 Å². The van der Waals surface area contributed by atoms with Crippen LogP contribution in [0.3, 0.4) is 0 Å². The Hall–Kier alpha value is -5.24. The standard InChI is InChI=1S/C34H31N3O5/c1-34(2,3)26-17-13-24(14-18-26)31(38)35-29(33(39)40)21-22-9-11-23(12-10-22)30-36-32(42-37-30)25-15-19-28(20-16-25)41-27-7-5-4-6-8-27/h4-20,29H,21H2,1-3H3,(H,35,38)(H,39,40)/t29-/m0/s1. The zero-order valence-electron chi connectivity index (χ0n) is 23.6. The summed E-state index contributed by atoms with van der Waals surface area (Å²) < 4.78 is 11.3. The predicted molar refractivity (Wildman–Crippen MR) is 159 cm³/mol. The van der Waals surface area contributed by atoms with Crippen LogP contribution in [0.25, 0.3) is 22.8 Å². The normalized spacial score (nSPS) is 12.0. The van der Waals surface area contributed by atoms with Gasteiger partial charge in [-0.3, -0.25) is 4.79 Å². The summed E-state index contributed by atoms with van der Waals surface area (Å²) in [4.78, 5) is 29.2. The van der Waals surface area contributed by atoms with E-state index in [1.165, 1.54) is 0 Å². The number of nitrogens with one attached hydrogen (secondary N) is 1. The van der Waals surface area contributed by atoms with E-state index in [1.54, 1.807) is 36.4 Å². The third-order valence-corrected chi connectivity index (χ3v) is 6.77. The van der Waals surface area contributed by atoms with Crippen molar-refractivity contribution in [3.63, 3.8) is 0 Å². The fraction of sp³-hybridized carbons (Fsp3) is 0.176. The van der Waals surface area contributed by atoms with Gasteiger partial charge in [-0.05, 0) is 65.1 Å². The van der Waals surface area contributed by atoms with Gasteiger partial charge in [0.25, 0.3) is 11.8 Å². The fourth-order valence-corrected chi connectivity index (χ4v) is 4.34. The lowest BCUT2D eigenvalue weighted by Crippen LogP contribution is -2.42. The summed E-state index contributed by atoms with van der Waals surface area (Å²) in [6.45, 7) is 6.27. The first-order chi connectivity index (χ1) is 20.2.